The second kappa shape index (κ2) is 6.50. The summed E-state index contributed by atoms with van der Waals surface area (Å²) in [6, 6.07) is 7.35. The first kappa shape index (κ1) is 17.5. The van der Waals surface area contributed by atoms with Crippen LogP contribution in [0.25, 0.3) is 22.6 Å². The van der Waals surface area contributed by atoms with Crippen molar-refractivity contribution >= 4 is 46.0 Å². The number of carbonyl (C=O) groups excluding carboxylic acids is 1. The molecule has 6 nitrogen and oxygen atoms in total. The number of nitrogens with one attached hydrogen (secondary N) is 2. The summed E-state index contributed by atoms with van der Waals surface area (Å²) in [7, 11) is 0. The SMILES string of the molecule is NC(=O)C1C2C=CC(C2)C1Nc1c(Cl)cnc2nc(-c3ccccc3Cl)[nH]c12. The van der Waals surface area contributed by atoms with Crippen LogP contribution in [-0.2, 0) is 4.79 Å². The molecule has 1 fully saturated rings. The second-order valence-electron chi connectivity index (χ2n) is 7.29. The van der Waals surface area contributed by atoms with Gasteiger partial charge in [-0.25, -0.2) is 9.97 Å². The second-order valence-corrected chi connectivity index (χ2v) is 8.11. The molecule has 2 bridgehead atoms. The van der Waals surface area contributed by atoms with Crippen LogP contribution in [0.2, 0.25) is 10.0 Å². The number of allylic oxidation sites excluding steroid dienone is 1. The molecule has 0 saturated heterocycles. The van der Waals surface area contributed by atoms with E-state index in [4.69, 9.17) is 28.9 Å². The maximum Gasteiger partial charge on any atom is 0.223 e. The molecule has 0 radical (unpaired) electrons. The van der Waals surface area contributed by atoms with Crippen LogP contribution in [0.15, 0.2) is 42.6 Å². The van der Waals surface area contributed by atoms with E-state index in [2.05, 4.69) is 32.4 Å². The average Bonchev–Trinajstić information content (AvgIpc) is 3.38. The molecule has 4 unspecified atom stereocenters. The lowest BCUT2D eigenvalue weighted by Crippen LogP contribution is -2.41. The molecule has 0 spiro atoms. The van der Waals surface area contributed by atoms with Gasteiger partial charge in [0.25, 0.3) is 0 Å². The molecule has 2 aliphatic rings. The molecule has 2 heterocycles. The number of pyridine rings is 1. The molecule has 3 aromatic rings. The maximum atomic E-state index is 12.0. The molecule has 28 heavy (non-hydrogen) atoms. The van der Waals surface area contributed by atoms with Gasteiger partial charge in [-0.1, -0.05) is 47.5 Å². The van der Waals surface area contributed by atoms with Crippen LogP contribution in [-0.4, -0.2) is 26.9 Å². The number of carbonyl (C=O) groups is 1. The van der Waals surface area contributed by atoms with Gasteiger partial charge in [0.1, 0.15) is 11.3 Å². The largest absolute Gasteiger partial charge is 0.378 e. The number of nitrogens with two attached hydrogens (primary N) is 1. The fraction of sp³-hybridized carbons (Fsp3) is 0.250. The highest BCUT2D eigenvalue weighted by atomic mass is 35.5. The Kier molecular flexibility index (Phi) is 4.07. The van der Waals surface area contributed by atoms with Crippen LogP contribution in [0.1, 0.15) is 6.42 Å². The number of hydrogen-bond donors (Lipinski definition) is 3. The van der Waals surface area contributed by atoms with Crippen molar-refractivity contribution in [2.75, 3.05) is 5.32 Å². The number of aromatic amines is 1. The Balaban J connectivity index is 1.58. The molecule has 2 aromatic heterocycles. The maximum absolute atomic E-state index is 12.0. The van der Waals surface area contributed by atoms with Crippen molar-refractivity contribution in [1.29, 1.82) is 0 Å². The molecule has 4 atom stereocenters. The van der Waals surface area contributed by atoms with Gasteiger partial charge in [0.2, 0.25) is 5.91 Å². The van der Waals surface area contributed by atoms with E-state index >= 15 is 0 Å². The van der Waals surface area contributed by atoms with Crippen molar-refractivity contribution < 1.29 is 4.79 Å². The number of amides is 1. The summed E-state index contributed by atoms with van der Waals surface area (Å²) >= 11 is 12.8. The van der Waals surface area contributed by atoms with Crippen molar-refractivity contribution in [1.82, 2.24) is 15.0 Å². The molecule has 8 heteroatoms. The highest BCUT2D eigenvalue weighted by molar-refractivity contribution is 6.34. The van der Waals surface area contributed by atoms with Gasteiger partial charge in [0.05, 0.1) is 27.8 Å². The summed E-state index contributed by atoms with van der Waals surface area (Å²) in [6.07, 6.45) is 6.72. The van der Waals surface area contributed by atoms with Gasteiger partial charge in [-0.15, -0.1) is 0 Å². The smallest absolute Gasteiger partial charge is 0.223 e. The summed E-state index contributed by atoms with van der Waals surface area (Å²) in [5.74, 6) is 0.472. The lowest BCUT2D eigenvalue weighted by molar-refractivity contribution is -0.122. The number of nitrogens with zero attached hydrogens (tertiary/aromatic N) is 2. The average molecular weight is 414 g/mol. The molecule has 1 amide bonds. The van der Waals surface area contributed by atoms with Gasteiger partial charge in [-0.3, -0.25) is 4.79 Å². The van der Waals surface area contributed by atoms with E-state index in [1.807, 2.05) is 24.3 Å². The van der Waals surface area contributed by atoms with Gasteiger partial charge in [-0.2, -0.15) is 0 Å². The van der Waals surface area contributed by atoms with Crippen LogP contribution in [0.5, 0.6) is 0 Å². The summed E-state index contributed by atoms with van der Waals surface area (Å²) in [5, 5.41) is 4.51. The molecule has 1 aromatic carbocycles. The van der Waals surface area contributed by atoms with Crippen LogP contribution in [0, 0.1) is 17.8 Å². The number of halogens is 2. The molecule has 5 rings (SSSR count). The van der Waals surface area contributed by atoms with E-state index < -0.39 is 0 Å². The van der Waals surface area contributed by atoms with Crippen LogP contribution < -0.4 is 11.1 Å². The minimum Gasteiger partial charge on any atom is -0.378 e. The normalized spacial score (nSPS) is 25.5. The lowest BCUT2D eigenvalue weighted by Gasteiger charge is -2.28. The Bertz CT molecular complexity index is 1120. The number of imidazole rings is 1. The van der Waals surface area contributed by atoms with Gasteiger partial charge in [0.15, 0.2) is 5.65 Å². The number of benzene rings is 1. The first-order valence-electron chi connectivity index (χ1n) is 9.06. The van der Waals surface area contributed by atoms with Gasteiger partial charge in [0, 0.05) is 11.6 Å². The van der Waals surface area contributed by atoms with E-state index in [9.17, 15) is 4.79 Å². The van der Waals surface area contributed by atoms with Crippen LogP contribution in [0.4, 0.5) is 5.69 Å². The minimum atomic E-state index is -0.294. The zero-order valence-electron chi connectivity index (χ0n) is 14.7. The topological polar surface area (TPSA) is 96.7 Å². The van der Waals surface area contributed by atoms with Crippen LogP contribution in [0.3, 0.4) is 0 Å². The molecule has 142 valence electrons. The molecular weight excluding hydrogens is 397 g/mol. The Morgan fingerprint density at radius 3 is 2.75 bits per heavy atom. The summed E-state index contributed by atoms with van der Waals surface area (Å²) < 4.78 is 0. The first-order valence-corrected chi connectivity index (χ1v) is 9.82. The first-order chi connectivity index (χ1) is 13.5. The zero-order valence-corrected chi connectivity index (χ0v) is 16.2. The number of hydrogen-bond acceptors (Lipinski definition) is 4. The quantitative estimate of drug-likeness (QED) is 0.562. The third-order valence-corrected chi connectivity index (χ3v) is 6.32. The van der Waals surface area contributed by atoms with Crippen molar-refractivity contribution in [3.63, 3.8) is 0 Å². The van der Waals surface area contributed by atoms with E-state index in [-0.39, 0.29) is 29.7 Å². The predicted molar refractivity (Wildman–Crippen MR) is 110 cm³/mol. The number of rotatable bonds is 4. The Morgan fingerprint density at radius 2 is 1.96 bits per heavy atom. The minimum absolute atomic E-state index is 0.109. The Morgan fingerprint density at radius 1 is 1.18 bits per heavy atom. The summed E-state index contributed by atoms with van der Waals surface area (Å²) in [4.78, 5) is 24.2. The fourth-order valence-corrected chi connectivity index (χ4v) is 4.85. The molecule has 0 aliphatic heterocycles. The highest BCUT2D eigenvalue weighted by Crippen LogP contribution is 2.46. The molecule has 1 saturated carbocycles. The van der Waals surface area contributed by atoms with E-state index in [0.717, 1.165) is 12.0 Å². The van der Waals surface area contributed by atoms with Crippen molar-refractivity contribution in [2.24, 2.45) is 23.5 Å². The van der Waals surface area contributed by atoms with E-state index in [1.54, 1.807) is 6.20 Å². The Labute approximate surface area is 171 Å². The van der Waals surface area contributed by atoms with Crippen molar-refractivity contribution in [2.45, 2.75) is 12.5 Å². The lowest BCUT2D eigenvalue weighted by atomic mass is 9.88. The third kappa shape index (κ3) is 2.67. The number of H-pyrrole nitrogens is 1. The number of fused-ring (bicyclic) bond motifs is 3. The number of primary amides is 1. The van der Waals surface area contributed by atoms with Crippen LogP contribution >= 0.6 is 23.2 Å². The van der Waals surface area contributed by atoms with Crippen molar-refractivity contribution in [3.05, 3.63) is 52.7 Å². The molecule has 2 aliphatic carbocycles. The van der Waals surface area contributed by atoms with E-state index in [1.165, 1.54) is 0 Å². The zero-order chi connectivity index (χ0) is 19.4. The van der Waals surface area contributed by atoms with Gasteiger partial charge >= 0.3 is 0 Å². The monoisotopic (exact) mass is 413 g/mol. The predicted octanol–water partition coefficient (Wildman–Crippen LogP) is 4.02. The standard InChI is InChI=1S/C20H17Cl2N5O/c21-12-4-2-1-3-11(12)19-26-17-16(13(22)8-24-20(17)27-19)25-15-10-6-5-9(7-10)14(15)18(23)28/h1-6,8-10,14-15H,7H2,(H2,23,28)(H2,24,25,26,27). The van der Waals surface area contributed by atoms with Crippen molar-refractivity contribution in [3.8, 4) is 11.4 Å². The van der Waals surface area contributed by atoms with Gasteiger partial charge < -0.3 is 16.0 Å². The summed E-state index contributed by atoms with van der Waals surface area (Å²) in [5.41, 5.74) is 8.34. The third-order valence-electron chi connectivity index (χ3n) is 5.70. The fourth-order valence-electron chi connectivity index (χ4n) is 4.43. The van der Waals surface area contributed by atoms with E-state index in [0.29, 0.717) is 32.7 Å². The summed E-state index contributed by atoms with van der Waals surface area (Å²) in [6.45, 7) is 0. The molecular formula is C20H17Cl2N5O. The van der Waals surface area contributed by atoms with Gasteiger partial charge in [-0.05, 0) is 30.4 Å². The number of aromatic nitrogens is 3. The Hall–Kier alpha value is -2.57. The molecule has 4 N–H and O–H groups in total. The highest BCUT2D eigenvalue weighted by Gasteiger charge is 2.47. The number of anilines is 1.